The summed E-state index contributed by atoms with van der Waals surface area (Å²) in [5.74, 6) is 0. The van der Waals surface area contributed by atoms with Gasteiger partial charge in [-0.3, -0.25) is 0 Å². The van der Waals surface area contributed by atoms with Crippen molar-refractivity contribution >= 4 is 19.9 Å². The van der Waals surface area contributed by atoms with Gasteiger partial charge in [0.25, 0.3) is 0 Å². The van der Waals surface area contributed by atoms with E-state index < -0.39 is 30.5 Å². The first-order chi connectivity index (χ1) is 5.91. The third kappa shape index (κ3) is 8.42. The fraction of sp³-hybridized carbons (Fsp3) is 1.00. The first-order valence-corrected chi connectivity index (χ1v) is 7.50. The molecule has 0 aliphatic carbocycles. The molecule has 86 valence electrons. The van der Waals surface area contributed by atoms with Gasteiger partial charge < -0.3 is 5.11 Å². The molecular weight excluding hydrogens is 230 g/mol. The molecule has 0 saturated heterocycles. The largest absolute Gasteiger partial charge is 0.389 e. The summed E-state index contributed by atoms with van der Waals surface area (Å²) in [5.41, 5.74) is -1.20. The van der Waals surface area contributed by atoms with Crippen molar-refractivity contribution in [3.63, 3.8) is 0 Å². The second-order valence-corrected chi connectivity index (χ2v) is 8.10. The zero-order valence-electron chi connectivity index (χ0n) is 8.31. The molecule has 0 aromatic rings. The topological polar surface area (TPSA) is 101 Å². The lowest BCUT2D eigenvalue weighted by Gasteiger charge is -2.17. The van der Waals surface area contributed by atoms with Gasteiger partial charge in [0, 0.05) is 12.8 Å². The Labute approximate surface area is 84.3 Å². The van der Waals surface area contributed by atoms with Crippen LogP contribution in [0.5, 0.6) is 0 Å². The van der Waals surface area contributed by atoms with E-state index in [1.165, 1.54) is 13.8 Å². The SMILES string of the molecule is CC(C)(O)CNS(=O)(=O)CS(C)(=O)=O. The molecule has 0 rings (SSSR count). The average molecular weight is 245 g/mol. The minimum Gasteiger partial charge on any atom is -0.389 e. The van der Waals surface area contributed by atoms with Crippen molar-refractivity contribution < 1.29 is 21.9 Å². The van der Waals surface area contributed by atoms with E-state index >= 15 is 0 Å². The van der Waals surface area contributed by atoms with E-state index in [0.29, 0.717) is 0 Å². The van der Waals surface area contributed by atoms with Crippen LogP contribution < -0.4 is 4.72 Å². The molecule has 0 aliphatic heterocycles. The Balaban J connectivity index is 4.40. The lowest BCUT2D eigenvalue weighted by Crippen LogP contribution is -2.40. The van der Waals surface area contributed by atoms with Gasteiger partial charge in [-0.05, 0) is 13.8 Å². The predicted molar refractivity (Wildman–Crippen MR) is 52.9 cm³/mol. The van der Waals surface area contributed by atoms with Crippen molar-refractivity contribution in [2.45, 2.75) is 19.4 Å². The van der Waals surface area contributed by atoms with Crippen LogP contribution in [0.25, 0.3) is 0 Å². The van der Waals surface area contributed by atoms with E-state index in [-0.39, 0.29) is 6.54 Å². The van der Waals surface area contributed by atoms with Gasteiger partial charge >= 0.3 is 0 Å². The number of aliphatic hydroxyl groups is 1. The van der Waals surface area contributed by atoms with E-state index in [9.17, 15) is 21.9 Å². The van der Waals surface area contributed by atoms with E-state index in [1.54, 1.807) is 0 Å². The lowest BCUT2D eigenvalue weighted by atomic mass is 10.1. The Hall–Kier alpha value is -0.180. The summed E-state index contributed by atoms with van der Waals surface area (Å²) in [6, 6.07) is 0. The van der Waals surface area contributed by atoms with Crippen molar-refractivity contribution in [2.24, 2.45) is 0 Å². The average Bonchev–Trinajstić information content (AvgIpc) is 1.76. The van der Waals surface area contributed by atoms with Crippen molar-refractivity contribution in [1.82, 2.24) is 4.72 Å². The number of nitrogens with one attached hydrogen (secondary N) is 1. The Bertz CT molecular complexity index is 375. The molecular formula is C6H15NO5S2. The van der Waals surface area contributed by atoms with Gasteiger partial charge in [-0.2, -0.15) is 0 Å². The summed E-state index contributed by atoms with van der Waals surface area (Å²) in [4.78, 5) is 0. The molecule has 0 amide bonds. The van der Waals surface area contributed by atoms with Crippen molar-refractivity contribution in [2.75, 3.05) is 17.9 Å². The fourth-order valence-electron chi connectivity index (χ4n) is 0.610. The summed E-state index contributed by atoms with van der Waals surface area (Å²) in [5, 5.41) is 8.24. The van der Waals surface area contributed by atoms with Gasteiger partial charge in [0.2, 0.25) is 10.0 Å². The molecule has 0 atom stereocenters. The standard InChI is InChI=1S/C6H15NO5S2/c1-6(2,8)4-7-14(11,12)5-13(3,9)10/h7-8H,4-5H2,1-3H3. The Morgan fingerprint density at radius 1 is 1.21 bits per heavy atom. The van der Waals surface area contributed by atoms with Gasteiger partial charge in [-0.1, -0.05) is 0 Å². The van der Waals surface area contributed by atoms with E-state index in [0.717, 1.165) is 6.26 Å². The summed E-state index contributed by atoms with van der Waals surface area (Å²) in [7, 11) is -7.45. The van der Waals surface area contributed by atoms with Crippen LogP contribution in [-0.4, -0.2) is 45.4 Å². The first kappa shape index (κ1) is 13.8. The zero-order valence-corrected chi connectivity index (χ0v) is 9.94. The van der Waals surface area contributed by atoms with Crippen LogP contribution in [0.4, 0.5) is 0 Å². The van der Waals surface area contributed by atoms with Crippen LogP contribution in [0.1, 0.15) is 13.8 Å². The van der Waals surface area contributed by atoms with E-state index in [1.807, 2.05) is 4.72 Å². The van der Waals surface area contributed by atoms with Gasteiger partial charge in [0.1, 0.15) is 0 Å². The van der Waals surface area contributed by atoms with Crippen LogP contribution in [-0.2, 0) is 19.9 Å². The van der Waals surface area contributed by atoms with Crippen LogP contribution in [0.3, 0.4) is 0 Å². The van der Waals surface area contributed by atoms with Crippen LogP contribution in [0.2, 0.25) is 0 Å². The highest BCUT2D eigenvalue weighted by atomic mass is 32.3. The second kappa shape index (κ2) is 4.13. The quantitative estimate of drug-likeness (QED) is 0.625. The molecule has 0 spiro atoms. The lowest BCUT2D eigenvalue weighted by molar-refractivity contribution is 0.0857. The molecule has 0 fully saturated rings. The number of hydrogen-bond acceptors (Lipinski definition) is 5. The highest BCUT2D eigenvalue weighted by molar-refractivity contribution is 8.06. The van der Waals surface area contributed by atoms with Gasteiger partial charge in [0.15, 0.2) is 14.9 Å². The summed E-state index contributed by atoms with van der Waals surface area (Å²) in [6.07, 6.45) is 0.830. The fourth-order valence-corrected chi connectivity index (χ4v) is 3.77. The van der Waals surface area contributed by atoms with Gasteiger partial charge in [-0.25, -0.2) is 21.6 Å². The summed E-state index contributed by atoms with van der Waals surface area (Å²) in [6.45, 7) is 2.61. The molecule has 0 aromatic heterocycles. The molecule has 0 unspecified atom stereocenters. The number of sulfonamides is 1. The zero-order chi connectivity index (χ0) is 11.6. The van der Waals surface area contributed by atoms with Crippen molar-refractivity contribution in [1.29, 1.82) is 0 Å². The highest BCUT2D eigenvalue weighted by Crippen LogP contribution is 2.00. The van der Waals surface area contributed by atoms with Gasteiger partial charge in [-0.15, -0.1) is 0 Å². The Morgan fingerprint density at radius 2 is 1.64 bits per heavy atom. The maximum absolute atomic E-state index is 11.1. The van der Waals surface area contributed by atoms with E-state index in [2.05, 4.69) is 0 Å². The van der Waals surface area contributed by atoms with Crippen LogP contribution >= 0.6 is 0 Å². The minimum atomic E-state index is -3.87. The Morgan fingerprint density at radius 3 is 1.93 bits per heavy atom. The summed E-state index contributed by atoms with van der Waals surface area (Å²) < 4.78 is 45.6. The normalized spacial score (nSPS) is 14.3. The van der Waals surface area contributed by atoms with Crippen molar-refractivity contribution in [3.8, 4) is 0 Å². The molecule has 0 bridgehead atoms. The minimum absolute atomic E-state index is 0.217. The van der Waals surface area contributed by atoms with Gasteiger partial charge in [0.05, 0.1) is 5.60 Å². The number of sulfone groups is 1. The van der Waals surface area contributed by atoms with Crippen LogP contribution in [0, 0.1) is 0 Å². The van der Waals surface area contributed by atoms with Crippen molar-refractivity contribution in [3.05, 3.63) is 0 Å². The molecule has 6 nitrogen and oxygen atoms in total. The smallest absolute Gasteiger partial charge is 0.226 e. The third-order valence-electron chi connectivity index (χ3n) is 1.09. The molecule has 14 heavy (non-hydrogen) atoms. The highest BCUT2D eigenvalue weighted by Gasteiger charge is 2.21. The third-order valence-corrected chi connectivity index (χ3v) is 4.63. The predicted octanol–water partition coefficient (Wildman–Crippen LogP) is -1.32. The number of hydrogen-bond donors (Lipinski definition) is 2. The monoisotopic (exact) mass is 245 g/mol. The molecule has 0 heterocycles. The summed E-state index contributed by atoms with van der Waals surface area (Å²) >= 11 is 0. The molecule has 0 radical (unpaired) electrons. The van der Waals surface area contributed by atoms with Crippen LogP contribution in [0.15, 0.2) is 0 Å². The maximum Gasteiger partial charge on any atom is 0.226 e. The molecule has 0 aromatic carbocycles. The first-order valence-electron chi connectivity index (χ1n) is 3.79. The van der Waals surface area contributed by atoms with E-state index in [4.69, 9.17) is 0 Å². The molecule has 0 aliphatic rings. The molecule has 0 saturated carbocycles. The second-order valence-electron chi connectivity index (χ2n) is 3.79. The molecule has 2 N–H and O–H groups in total. The number of rotatable bonds is 5. The Kier molecular flexibility index (Phi) is 4.08. The maximum atomic E-state index is 11.1. The molecule has 8 heteroatoms.